The van der Waals surface area contributed by atoms with Crippen molar-refractivity contribution in [2.45, 2.75) is 18.9 Å². The molecule has 21 heavy (non-hydrogen) atoms. The number of nitrogens with one attached hydrogen (secondary N) is 1. The molecule has 0 aliphatic carbocycles. The second-order valence-electron chi connectivity index (χ2n) is 4.97. The molecule has 0 aromatic carbocycles. The van der Waals surface area contributed by atoms with Crippen LogP contribution in [0.25, 0.3) is 11.4 Å². The second-order valence-corrected chi connectivity index (χ2v) is 4.97. The summed E-state index contributed by atoms with van der Waals surface area (Å²) in [6.45, 7) is 1.05. The molecule has 1 saturated heterocycles. The average Bonchev–Trinajstić information content (AvgIpc) is 3.17. The Hall–Kier alpha value is -2.28. The molecule has 0 unspecified atom stereocenters. The molecular formula is C14H17N5O2. The smallest absolute Gasteiger partial charge is 0.249 e. The highest BCUT2D eigenvalue weighted by molar-refractivity contribution is 5.78. The Balaban J connectivity index is 1.81. The van der Waals surface area contributed by atoms with Gasteiger partial charge in [-0.1, -0.05) is 5.16 Å². The monoisotopic (exact) mass is 287 g/mol. The van der Waals surface area contributed by atoms with E-state index in [2.05, 4.69) is 20.4 Å². The SMILES string of the molecule is CNCC(=O)N1CCC[C@H]1c1nc(-c2cccnc2)no1. The molecule has 3 heterocycles. The zero-order valence-electron chi connectivity index (χ0n) is 11.8. The van der Waals surface area contributed by atoms with E-state index >= 15 is 0 Å². The highest BCUT2D eigenvalue weighted by atomic mass is 16.5. The Kier molecular flexibility index (Phi) is 3.92. The molecule has 1 aliphatic rings. The third-order valence-corrected chi connectivity index (χ3v) is 3.55. The van der Waals surface area contributed by atoms with Crippen LogP contribution in [0.3, 0.4) is 0 Å². The van der Waals surface area contributed by atoms with Crippen LogP contribution in [0.4, 0.5) is 0 Å². The van der Waals surface area contributed by atoms with E-state index in [9.17, 15) is 4.79 Å². The fourth-order valence-corrected chi connectivity index (χ4v) is 2.56. The van der Waals surface area contributed by atoms with Crippen molar-refractivity contribution in [1.82, 2.24) is 25.3 Å². The number of carbonyl (C=O) groups excluding carboxylic acids is 1. The largest absolute Gasteiger partial charge is 0.337 e. The summed E-state index contributed by atoms with van der Waals surface area (Å²) in [4.78, 5) is 22.3. The van der Waals surface area contributed by atoms with Crippen LogP contribution >= 0.6 is 0 Å². The third-order valence-electron chi connectivity index (χ3n) is 3.55. The van der Waals surface area contributed by atoms with Gasteiger partial charge in [-0.25, -0.2) is 0 Å². The van der Waals surface area contributed by atoms with Gasteiger partial charge in [-0.15, -0.1) is 0 Å². The summed E-state index contributed by atoms with van der Waals surface area (Å²) < 4.78 is 5.36. The molecular weight excluding hydrogens is 270 g/mol. The Morgan fingerprint density at radius 3 is 3.24 bits per heavy atom. The van der Waals surface area contributed by atoms with Crippen molar-refractivity contribution in [3.63, 3.8) is 0 Å². The predicted octanol–water partition coefficient (Wildman–Crippen LogP) is 1.01. The van der Waals surface area contributed by atoms with E-state index in [0.29, 0.717) is 18.3 Å². The number of carbonyl (C=O) groups is 1. The number of rotatable bonds is 4. The number of likely N-dealkylation sites (tertiary alicyclic amines) is 1. The highest BCUT2D eigenvalue weighted by Crippen LogP contribution is 2.31. The van der Waals surface area contributed by atoms with Gasteiger partial charge in [0.05, 0.1) is 6.54 Å². The van der Waals surface area contributed by atoms with Gasteiger partial charge in [-0.3, -0.25) is 9.78 Å². The second kappa shape index (κ2) is 6.01. The molecule has 3 rings (SSSR count). The van der Waals surface area contributed by atoms with Crippen LogP contribution in [-0.4, -0.2) is 46.1 Å². The molecule has 110 valence electrons. The lowest BCUT2D eigenvalue weighted by Crippen LogP contribution is -2.36. The minimum Gasteiger partial charge on any atom is -0.337 e. The Morgan fingerprint density at radius 2 is 2.48 bits per heavy atom. The number of hydrogen-bond acceptors (Lipinski definition) is 6. The third kappa shape index (κ3) is 2.78. The number of pyridine rings is 1. The number of likely N-dealkylation sites (N-methyl/N-ethyl adjacent to an activating group) is 1. The van der Waals surface area contributed by atoms with Gasteiger partial charge in [-0.05, 0) is 32.0 Å². The molecule has 1 fully saturated rings. The first kappa shape index (κ1) is 13.7. The normalized spacial score (nSPS) is 18.1. The maximum Gasteiger partial charge on any atom is 0.249 e. The van der Waals surface area contributed by atoms with Crippen LogP contribution in [-0.2, 0) is 4.79 Å². The van der Waals surface area contributed by atoms with E-state index in [1.165, 1.54) is 0 Å². The lowest BCUT2D eigenvalue weighted by Gasteiger charge is -2.21. The molecule has 2 aromatic heterocycles. The first-order chi connectivity index (χ1) is 10.3. The molecule has 7 heteroatoms. The Morgan fingerprint density at radius 1 is 1.57 bits per heavy atom. The van der Waals surface area contributed by atoms with E-state index in [1.54, 1.807) is 24.3 Å². The molecule has 0 bridgehead atoms. The predicted molar refractivity (Wildman–Crippen MR) is 75.1 cm³/mol. The van der Waals surface area contributed by atoms with Crippen molar-refractivity contribution < 1.29 is 9.32 Å². The maximum atomic E-state index is 12.1. The van der Waals surface area contributed by atoms with Gasteiger partial charge in [0, 0.05) is 24.5 Å². The number of hydrogen-bond donors (Lipinski definition) is 1. The summed E-state index contributed by atoms with van der Waals surface area (Å²) in [5.41, 5.74) is 0.804. The number of nitrogens with zero attached hydrogens (tertiary/aromatic N) is 4. The van der Waals surface area contributed by atoms with E-state index in [0.717, 1.165) is 24.9 Å². The summed E-state index contributed by atoms with van der Waals surface area (Å²) >= 11 is 0. The van der Waals surface area contributed by atoms with Gasteiger partial charge in [0.15, 0.2) is 0 Å². The van der Waals surface area contributed by atoms with Crippen molar-refractivity contribution in [2.75, 3.05) is 20.1 Å². The minimum atomic E-state index is -0.122. The molecule has 1 amide bonds. The van der Waals surface area contributed by atoms with Gasteiger partial charge < -0.3 is 14.7 Å². The average molecular weight is 287 g/mol. The van der Waals surface area contributed by atoms with Crippen LogP contribution in [0.2, 0.25) is 0 Å². The van der Waals surface area contributed by atoms with E-state index < -0.39 is 0 Å². The lowest BCUT2D eigenvalue weighted by atomic mass is 10.2. The van der Waals surface area contributed by atoms with Crippen LogP contribution in [0.15, 0.2) is 29.0 Å². The number of amides is 1. The summed E-state index contributed by atoms with van der Waals surface area (Å²) in [5, 5.41) is 6.87. The fraction of sp³-hybridized carbons (Fsp3) is 0.429. The maximum absolute atomic E-state index is 12.1. The molecule has 1 aliphatic heterocycles. The molecule has 0 spiro atoms. The van der Waals surface area contributed by atoms with Crippen LogP contribution < -0.4 is 5.32 Å². The Bertz CT molecular complexity index is 613. The van der Waals surface area contributed by atoms with Gasteiger partial charge in [0.25, 0.3) is 0 Å². The van der Waals surface area contributed by atoms with Gasteiger partial charge >= 0.3 is 0 Å². The lowest BCUT2D eigenvalue weighted by molar-refractivity contribution is -0.131. The van der Waals surface area contributed by atoms with Crippen molar-refractivity contribution in [2.24, 2.45) is 0 Å². The van der Waals surface area contributed by atoms with Crippen molar-refractivity contribution in [3.05, 3.63) is 30.4 Å². The summed E-state index contributed by atoms with van der Waals surface area (Å²) in [5.74, 6) is 1.06. The molecule has 2 aromatic rings. The van der Waals surface area contributed by atoms with Gasteiger partial charge in [0.2, 0.25) is 17.6 Å². The zero-order chi connectivity index (χ0) is 14.7. The molecule has 0 radical (unpaired) electrons. The molecule has 1 N–H and O–H groups in total. The van der Waals surface area contributed by atoms with Crippen molar-refractivity contribution in [3.8, 4) is 11.4 Å². The van der Waals surface area contributed by atoms with E-state index in [1.807, 2.05) is 12.1 Å². The van der Waals surface area contributed by atoms with Crippen molar-refractivity contribution >= 4 is 5.91 Å². The first-order valence-electron chi connectivity index (χ1n) is 6.97. The molecule has 1 atom stereocenters. The summed E-state index contributed by atoms with van der Waals surface area (Å²) in [6.07, 6.45) is 5.18. The topological polar surface area (TPSA) is 84.2 Å². The minimum absolute atomic E-state index is 0.0566. The quantitative estimate of drug-likeness (QED) is 0.903. The van der Waals surface area contributed by atoms with E-state index in [4.69, 9.17) is 4.52 Å². The van der Waals surface area contributed by atoms with Gasteiger partial charge in [-0.2, -0.15) is 4.98 Å². The van der Waals surface area contributed by atoms with Gasteiger partial charge in [0.1, 0.15) is 6.04 Å². The zero-order valence-corrected chi connectivity index (χ0v) is 11.8. The molecule has 0 saturated carbocycles. The first-order valence-corrected chi connectivity index (χ1v) is 6.97. The molecule has 7 nitrogen and oxygen atoms in total. The highest BCUT2D eigenvalue weighted by Gasteiger charge is 2.33. The van der Waals surface area contributed by atoms with Crippen LogP contribution in [0.1, 0.15) is 24.8 Å². The fourth-order valence-electron chi connectivity index (χ4n) is 2.56. The summed E-state index contributed by atoms with van der Waals surface area (Å²) in [6, 6.07) is 3.58. The van der Waals surface area contributed by atoms with Crippen molar-refractivity contribution in [1.29, 1.82) is 0 Å². The summed E-state index contributed by atoms with van der Waals surface area (Å²) in [7, 11) is 1.76. The van der Waals surface area contributed by atoms with Crippen LogP contribution in [0.5, 0.6) is 0 Å². The van der Waals surface area contributed by atoms with Crippen LogP contribution in [0, 0.1) is 0 Å². The van der Waals surface area contributed by atoms with E-state index in [-0.39, 0.29) is 11.9 Å². The number of aromatic nitrogens is 3. The standard InChI is InChI=1S/C14H17N5O2/c1-15-9-12(20)19-7-3-5-11(19)14-17-13(18-21-14)10-4-2-6-16-8-10/h2,4,6,8,11,15H,3,5,7,9H2,1H3/t11-/m0/s1. The Labute approximate surface area is 122 Å².